The zero-order chi connectivity index (χ0) is 13.9. The van der Waals surface area contributed by atoms with Crippen molar-refractivity contribution in [3.8, 4) is 5.75 Å². The van der Waals surface area contributed by atoms with Crippen LogP contribution >= 0.6 is 0 Å². The molecule has 0 fully saturated rings. The number of benzene rings is 2. The molecule has 4 heteroatoms. The molecule has 0 aliphatic carbocycles. The number of carbonyl (C=O) groups is 1. The van der Waals surface area contributed by atoms with Crippen molar-refractivity contribution >= 4 is 27.7 Å². The molecule has 0 atom stereocenters. The van der Waals surface area contributed by atoms with Gasteiger partial charge < -0.3 is 15.0 Å². The molecular formula is C16H16N2O2. The van der Waals surface area contributed by atoms with E-state index in [1.54, 1.807) is 0 Å². The predicted molar refractivity (Wildman–Crippen MR) is 80.0 cm³/mol. The molecule has 20 heavy (non-hydrogen) atoms. The van der Waals surface area contributed by atoms with Crippen LogP contribution in [0.25, 0.3) is 21.8 Å². The molecule has 0 bridgehead atoms. The number of rotatable bonds is 4. The van der Waals surface area contributed by atoms with Gasteiger partial charge in [0.05, 0.1) is 12.1 Å². The predicted octanol–water partition coefficient (Wildman–Crippen LogP) is 2.84. The fraction of sp³-hybridized carbons (Fsp3) is 0.188. The minimum atomic E-state index is -0.0427. The summed E-state index contributed by atoms with van der Waals surface area (Å²) in [5, 5.41) is 4.96. The molecular weight excluding hydrogens is 252 g/mol. The molecule has 0 radical (unpaired) electrons. The van der Waals surface area contributed by atoms with Gasteiger partial charge in [0.1, 0.15) is 12.4 Å². The van der Waals surface area contributed by atoms with Crippen LogP contribution in [0.5, 0.6) is 5.75 Å². The SMILES string of the molecule is CC(=O)NCCOc1cccc2[nH]c3ccccc3c12. The molecule has 1 amide bonds. The lowest BCUT2D eigenvalue weighted by Gasteiger charge is -2.08. The van der Waals surface area contributed by atoms with Gasteiger partial charge in [-0.1, -0.05) is 24.3 Å². The highest BCUT2D eigenvalue weighted by atomic mass is 16.5. The first-order valence-corrected chi connectivity index (χ1v) is 6.62. The van der Waals surface area contributed by atoms with Crippen molar-refractivity contribution in [1.82, 2.24) is 10.3 Å². The van der Waals surface area contributed by atoms with Crippen molar-refractivity contribution in [3.05, 3.63) is 42.5 Å². The maximum Gasteiger partial charge on any atom is 0.216 e. The van der Waals surface area contributed by atoms with Crippen LogP contribution in [0, 0.1) is 0 Å². The molecule has 3 rings (SSSR count). The van der Waals surface area contributed by atoms with Crippen LogP contribution in [0.2, 0.25) is 0 Å². The smallest absolute Gasteiger partial charge is 0.216 e. The topological polar surface area (TPSA) is 54.1 Å². The number of H-pyrrole nitrogens is 1. The molecule has 4 nitrogen and oxygen atoms in total. The van der Waals surface area contributed by atoms with Gasteiger partial charge in [0.2, 0.25) is 5.91 Å². The molecule has 1 heterocycles. The van der Waals surface area contributed by atoms with Gasteiger partial charge in [-0.15, -0.1) is 0 Å². The molecule has 0 saturated heterocycles. The fourth-order valence-electron chi connectivity index (χ4n) is 2.38. The van der Waals surface area contributed by atoms with Gasteiger partial charge in [-0.2, -0.15) is 0 Å². The minimum Gasteiger partial charge on any atom is -0.491 e. The Balaban J connectivity index is 1.92. The number of para-hydroxylation sites is 1. The minimum absolute atomic E-state index is 0.0427. The summed E-state index contributed by atoms with van der Waals surface area (Å²) < 4.78 is 5.80. The lowest BCUT2D eigenvalue weighted by Crippen LogP contribution is -2.25. The summed E-state index contributed by atoms with van der Waals surface area (Å²) >= 11 is 0. The number of fused-ring (bicyclic) bond motifs is 3. The molecule has 0 aliphatic heterocycles. The quantitative estimate of drug-likeness (QED) is 0.715. The van der Waals surface area contributed by atoms with E-state index in [4.69, 9.17) is 4.74 Å². The van der Waals surface area contributed by atoms with E-state index in [9.17, 15) is 4.79 Å². The average molecular weight is 268 g/mol. The Morgan fingerprint density at radius 2 is 1.95 bits per heavy atom. The van der Waals surface area contributed by atoms with E-state index in [-0.39, 0.29) is 5.91 Å². The third-order valence-corrected chi connectivity index (χ3v) is 3.23. The summed E-state index contributed by atoms with van der Waals surface area (Å²) in [6, 6.07) is 14.1. The normalized spacial score (nSPS) is 10.8. The van der Waals surface area contributed by atoms with Gasteiger partial charge in [0.25, 0.3) is 0 Å². The second-order valence-corrected chi connectivity index (χ2v) is 4.68. The van der Waals surface area contributed by atoms with Gasteiger partial charge in [-0.25, -0.2) is 0 Å². The zero-order valence-electron chi connectivity index (χ0n) is 11.3. The van der Waals surface area contributed by atoms with Gasteiger partial charge >= 0.3 is 0 Å². The highest BCUT2D eigenvalue weighted by Crippen LogP contribution is 2.32. The highest BCUT2D eigenvalue weighted by Gasteiger charge is 2.08. The van der Waals surface area contributed by atoms with E-state index in [1.165, 1.54) is 6.92 Å². The summed E-state index contributed by atoms with van der Waals surface area (Å²) in [6.45, 7) is 2.46. The Morgan fingerprint density at radius 1 is 1.15 bits per heavy atom. The van der Waals surface area contributed by atoms with Crippen LogP contribution in [0.4, 0.5) is 0 Å². The molecule has 2 aromatic carbocycles. The van der Waals surface area contributed by atoms with Crippen LogP contribution in [-0.2, 0) is 4.79 Å². The maximum atomic E-state index is 10.8. The van der Waals surface area contributed by atoms with E-state index in [0.717, 1.165) is 27.6 Å². The van der Waals surface area contributed by atoms with Gasteiger partial charge in [-0.3, -0.25) is 4.79 Å². The second kappa shape index (κ2) is 5.25. The van der Waals surface area contributed by atoms with Crippen LogP contribution in [0.1, 0.15) is 6.92 Å². The van der Waals surface area contributed by atoms with Crippen LogP contribution in [-0.4, -0.2) is 24.0 Å². The number of hydrogen-bond acceptors (Lipinski definition) is 2. The summed E-state index contributed by atoms with van der Waals surface area (Å²) in [6.07, 6.45) is 0. The lowest BCUT2D eigenvalue weighted by molar-refractivity contribution is -0.119. The summed E-state index contributed by atoms with van der Waals surface area (Å²) in [7, 11) is 0. The summed E-state index contributed by atoms with van der Waals surface area (Å²) in [5.41, 5.74) is 2.16. The molecule has 3 aromatic rings. The van der Waals surface area contributed by atoms with Crippen LogP contribution in [0.3, 0.4) is 0 Å². The number of amides is 1. The van der Waals surface area contributed by atoms with E-state index >= 15 is 0 Å². The number of aromatic nitrogens is 1. The summed E-state index contributed by atoms with van der Waals surface area (Å²) in [4.78, 5) is 14.2. The first kappa shape index (κ1) is 12.5. The number of aromatic amines is 1. The third kappa shape index (κ3) is 2.32. The van der Waals surface area contributed by atoms with Gasteiger partial charge in [0.15, 0.2) is 0 Å². The first-order chi connectivity index (χ1) is 9.75. The highest BCUT2D eigenvalue weighted by molar-refractivity contribution is 6.10. The number of ether oxygens (including phenoxy) is 1. The molecule has 0 unspecified atom stereocenters. The molecule has 2 N–H and O–H groups in total. The number of nitrogens with one attached hydrogen (secondary N) is 2. The Kier molecular flexibility index (Phi) is 3.29. The standard InChI is InChI=1S/C16H16N2O2/c1-11(19)17-9-10-20-15-8-4-7-14-16(15)12-5-2-3-6-13(12)18-14/h2-8,18H,9-10H2,1H3,(H,17,19). The summed E-state index contributed by atoms with van der Waals surface area (Å²) in [5.74, 6) is 0.796. The zero-order valence-corrected chi connectivity index (χ0v) is 11.3. The fourth-order valence-corrected chi connectivity index (χ4v) is 2.38. The largest absolute Gasteiger partial charge is 0.491 e. The van der Waals surface area contributed by atoms with Crippen molar-refractivity contribution in [2.45, 2.75) is 6.92 Å². The molecule has 102 valence electrons. The van der Waals surface area contributed by atoms with Gasteiger partial charge in [0, 0.05) is 23.2 Å². The van der Waals surface area contributed by atoms with Crippen molar-refractivity contribution in [3.63, 3.8) is 0 Å². The molecule has 0 spiro atoms. The van der Waals surface area contributed by atoms with Crippen molar-refractivity contribution in [2.75, 3.05) is 13.2 Å². The maximum absolute atomic E-state index is 10.8. The van der Waals surface area contributed by atoms with E-state index in [2.05, 4.69) is 22.4 Å². The first-order valence-electron chi connectivity index (χ1n) is 6.62. The number of hydrogen-bond donors (Lipinski definition) is 2. The van der Waals surface area contributed by atoms with Crippen LogP contribution in [0.15, 0.2) is 42.5 Å². The molecule has 0 aliphatic rings. The Bertz CT molecular complexity index is 761. The van der Waals surface area contributed by atoms with Crippen molar-refractivity contribution < 1.29 is 9.53 Å². The Morgan fingerprint density at radius 3 is 2.80 bits per heavy atom. The Hall–Kier alpha value is -2.49. The monoisotopic (exact) mass is 268 g/mol. The lowest BCUT2D eigenvalue weighted by atomic mass is 10.1. The van der Waals surface area contributed by atoms with Crippen LogP contribution < -0.4 is 10.1 Å². The van der Waals surface area contributed by atoms with E-state index in [1.807, 2.05) is 30.3 Å². The second-order valence-electron chi connectivity index (χ2n) is 4.68. The van der Waals surface area contributed by atoms with Crippen molar-refractivity contribution in [1.29, 1.82) is 0 Å². The van der Waals surface area contributed by atoms with E-state index < -0.39 is 0 Å². The van der Waals surface area contributed by atoms with Crippen molar-refractivity contribution in [2.24, 2.45) is 0 Å². The molecule has 0 saturated carbocycles. The van der Waals surface area contributed by atoms with E-state index in [0.29, 0.717) is 13.2 Å². The number of carbonyl (C=O) groups excluding carboxylic acids is 1. The average Bonchev–Trinajstić information content (AvgIpc) is 2.82. The Labute approximate surface area is 116 Å². The third-order valence-electron chi connectivity index (χ3n) is 3.23. The molecule has 1 aromatic heterocycles. The van der Waals surface area contributed by atoms with Gasteiger partial charge in [-0.05, 0) is 18.2 Å².